The Bertz CT molecular complexity index is 234. The number of nitrogens with two attached hydrogens (primary N) is 3. The smallest absolute Gasteiger partial charge is 0.328 e. The van der Waals surface area contributed by atoms with Crippen LogP contribution in [0.5, 0.6) is 0 Å². The van der Waals surface area contributed by atoms with Gasteiger partial charge in [0, 0.05) is 6.42 Å². The van der Waals surface area contributed by atoms with E-state index < -0.39 is 17.9 Å². The molecule has 0 aliphatic heterocycles. The van der Waals surface area contributed by atoms with Crippen LogP contribution in [0.1, 0.15) is 12.8 Å². The van der Waals surface area contributed by atoms with Gasteiger partial charge in [0.1, 0.15) is 0 Å². The van der Waals surface area contributed by atoms with Crippen molar-refractivity contribution in [2.45, 2.75) is 18.9 Å². The Hall–Kier alpha value is -1.79. The van der Waals surface area contributed by atoms with Gasteiger partial charge in [0.15, 0.2) is 12.0 Å². The maximum atomic E-state index is 10.5. The highest BCUT2D eigenvalue weighted by Gasteiger charge is 2.16. The lowest BCUT2D eigenvalue weighted by Crippen LogP contribution is -2.29. The molecule has 7 heteroatoms. The highest BCUT2D eigenvalue weighted by atomic mass is 16.4. The Kier molecular flexibility index (Phi) is 4.28. The lowest BCUT2D eigenvalue weighted by atomic mass is 10.1. The number of hydrogen-bond acceptors (Lipinski definition) is 3. The minimum Gasteiger partial charge on any atom is -0.480 e. The Morgan fingerprint density at radius 1 is 1.31 bits per heavy atom. The molecule has 0 saturated carbocycles. The summed E-state index contributed by atoms with van der Waals surface area (Å²) in [5, 5.41) is 8.56. The predicted octanol–water partition coefficient (Wildman–Crippen LogP) is -2.02. The van der Waals surface area contributed by atoms with Gasteiger partial charge < -0.3 is 22.3 Å². The monoisotopic (exact) mass is 188 g/mol. The first kappa shape index (κ1) is 11.2. The van der Waals surface area contributed by atoms with E-state index in [0.717, 1.165) is 0 Å². The molecule has 0 heterocycles. The zero-order valence-electron chi connectivity index (χ0n) is 6.93. The topological polar surface area (TPSA) is 145 Å². The minimum absolute atomic E-state index is 0.00255. The van der Waals surface area contributed by atoms with Crippen LogP contribution in [-0.4, -0.2) is 29.0 Å². The molecule has 0 aromatic heterocycles. The van der Waals surface area contributed by atoms with Gasteiger partial charge in [-0.3, -0.25) is 4.79 Å². The standard InChI is InChI=1S/C6H12N4O3/c7-4(11)2-1-3(5(12)13)10-6(8)9/h3H,1-2H2,(H2,7,11)(H,12,13)(H4,8,9,10)/t3-/m0/s1. The third-order valence-electron chi connectivity index (χ3n) is 1.25. The molecule has 7 N–H and O–H groups in total. The summed E-state index contributed by atoms with van der Waals surface area (Å²) in [6.45, 7) is 0. The van der Waals surface area contributed by atoms with E-state index in [1.54, 1.807) is 0 Å². The van der Waals surface area contributed by atoms with E-state index >= 15 is 0 Å². The molecule has 0 rings (SSSR count). The summed E-state index contributed by atoms with van der Waals surface area (Å²) >= 11 is 0. The Morgan fingerprint density at radius 3 is 2.15 bits per heavy atom. The second-order valence-corrected chi connectivity index (χ2v) is 2.41. The maximum Gasteiger partial charge on any atom is 0.328 e. The number of nitrogens with zero attached hydrogens (tertiary/aromatic N) is 1. The molecular weight excluding hydrogens is 176 g/mol. The van der Waals surface area contributed by atoms with Crippen molar-refractivity contribution in [3.05, 3.63) is 0 Å². The zero-order chi connectivity index (χ0) is 10.4. The molecular formula is C6H12N4O3. The number of rotatable bonds is 5. The fraction of sp³-hybridized carbons (Fsp3) is 0.500. The first-order valence-electron chi connectivity index (χ1n) is 3.53. The number of guanidine groups is 1. The van der Waals surface area contributed by atoms with Crippen LogP contribution in [0.2, 0.25) is 0 Å². The van der Waals surface area contributed by atoms with E-state index in [1.807, 2.05) is 0 Å². The van der Waals surface area contributed by atoms with Crippen LogP contribution >= 0.6 is 0 Å². The number of carboxylic acids is 1. The summed E-state index contributed by atoms with van der Waals surface area (Å²) in [7, 11) is 0. The molecule has 0 fully saturated rings. The number of aliphatic imine (C=N–C) groups is 1. The van der Waals surface area contributed by atoms with E-state index in [-0.39, 0.29) is 18.8 Å². The first-order chi connectivity index (χ1) is 5.93. The van der Waals surface area contributed by atoms with Crippen molar-refractivity contribution in [2.75, 3.05) is 0 Å². The van der Waals surface area contributed by atoms with Crippen molar-refractivity contribution in [2.24, 2.45) is 22.2 Å². The number of primary amides is 1. The average molecular weight is 188 g/mol. The van der Waals surface area contributed by atoms with Gasteiger partial charge in [-0.1, -0.05) is 0 Å². The van der Waals surface area contributed by atoms with Crippen molar-refractivity contribution in [3.8, 4) is 0 Å². The SMILES string of the molecule is NC(=O)CC[C@H](N=C(N)N)C(=O)O. The van der Waals surface area contributed by atoms with Crippen molar-refractivity contribution < 1.29 is 14.7 Å². The summed E-state index contributed by atoms with van der Waals surface area (Å²) in [6.07, 6.45) is -0.0592. The molecule has 7 nitrogen and oxygen atoms in total. The average Bonchev–Trinajstić information content (AvgIpc) is 1.96. The van der Waals surface area contributed by atoms with Gasteiger partial charge in [-0.15, -0.1) is 0 Å². The van der Waals surface area contributed by atoms with Crippen LogP contribution in [0.25, 0.3) is 0 Å². The van der Waals surface area contributed by atoms with Crippen LogP contribution in [0, 0.1) is 0 Å². The second-order valence-electron chi connectivity index (χ2n) is 2.41. The van der Waals surface area contributed by atoms with Gasteiger partial charge in [-0.05, 0) is 6.42 Å². The van der Waals surface area contributed by atoms with Gasteiger partial charge in [-0.2, -0.15) is 0 Å². The normalized spacial score (nSPS) is 11.7. The van der Waals surface area contributed by atoms with Gasteiger partial charge in [0.05, 0.1) is 0 Å². The highest BCUT2D eigenvalue weighted by molar-refractivity contribution is 5.82. The number of carboxylic acid groups (broad SMARTS) is 1. The van der Waals surface area contributed by atoms with Gasteiger partial charge in [-0.25, -0.2) is 9.79 Å². The van der Waals surface area contributed by atoms with Gasteiger partial charge >= 0.3 is 5.97 Å². The first-order valence-corrected chi connectivity index (χ1v) is 3.53. The molecule has 13 heavy (non-hydrogen) atoms. The second kappa shape index (κ2) is 4.96. The summed E-state index contributed by atoms with van der Waals surface area (Å²) in [6, 6.07) is -1.10. The minimum atomic E-state index is -1.19. The van der Waals surface area contributed by atoms with Crippen molar-refractivity contribution >= 4 is 17.8 Å². The summed E-state index contributed by atoms with van der Waals surface area (Å²) < 4.78 is 0. The van der Waals surface area contributed by atoms with E-state index in [2.05, 4.69) is 4.99 Å². The molecule has 0 aliphatic rings. The Balaban J connectivity index is 4.19. The molecule has 0 spiro atoms. The van der Waals surface area contributed by atoms with E-state index in [9.17, 15) is 9.59 Å². The van der Waals surface area contributed by atoms with Crippen molar-refractivity contribution in [1.29, 1.82) is 0 Å². The lowest BCUT2D eigenvalue weighted by molar-refractivity contribution is -0.138. The molecule has 0 aliphatic carbocycles. The predicted molar refractivity (Wildman–Crippen MR) is 45.7 cm³/mol. The number of aliphatic carboxylic acids is 1. The fourth-order valence-electron chi connectivity index (χ4n) is 0.702. The molecule has 0 saturated heterocycles. The Morgan fingerprint density at radius 2 is 1.85 bits per heavy atom. The molecule has 0 aromatic rings. The number of amides is 1. The van der Waals surface area contributed by atoms with E-state index in [1.165, 1.54) is 0 Å². The summed E-state index contributed by atoms with van der Waals surface area (Å²) in [5.41, 5.74) is 14.8. The highest BCUT2D eigenvalue weighted by Crippen LogP contribution is 2.01. The zero-order valence-corrected chi connectivity index (χ0v) is 6.93. The van der Waals surface area contributed by atoms with Crippen LogP contribution in [0.3, 0.4) is 0 Å². The number of carbonyl (C=O) groups excluding carboxylic acids is 1. The fourth-order valence-corrected chi connectivity index (χ4v) is 0.702. The third kappa shape index (κ3) is 5.48. The van der Waals surface area contributed by atoms with Gasteiger partial charge in [0.2, 0.25) is 5.91 Å². The van der Waals surface area contributed by atoms with E-state index in [4.69, 9.17) is 22.3 Å². The molecule has 0 aromatic carbocycles. The van der Waals surface area contributed by atoms with E-state index in [0.29, 0.717) is 0 Å². The summed E-state index contributed by atoms with van der Waals surface area (Å²) in [4.78, 5) is 24.2. The van der Waals surface area contributed by atoms with Crippen LogP contribution in [0.15, 0.2) is 4.99 Å². The third-order valence-corrected chi connectivity index (χ3v) is 1.25. The molecule has 0 radical (unpaired) electrons. The number of hydrogen-bond donors (Lipinski definition) is 4. The maximum absolute atomic E-state index is 10.5. The molecule has 0 unspecified atom stereocenters. The van der Waals surface area contributed by atoms with Crippen LogP contribution in [0.4, 0.5) is 0 Å². The lowest BCUT2D eigenvalue weighted by Gasteiger charge is -2.05. The quantitative estimate of drug-likeness (QED) is 0.290. The Labute approximate surface area is 74.6 Å². The van der Waals surface area contributed by atoms with Gasteiger partial charge in [0.25, 0.3) is 0 Å². The molecule has 74 valence electrons. The molecule has 1 amide bonds. The van der Waals surface area contributed by atoms with Crippen molar-refractivity contribution in [3.63, 3.8) is 0 Å². The molecule has 1 atom stereocenters. The number of carbonyl (C=O) groups is 2. The largest absolute Gasteiger partial charge is 0.480 e. The van der Waals surface area contributed by atoms with Crippen LogP contribution in [-0.2, 0) is 9.59 Å². The molecule has 0 bridgehead atoms. The van der Waals surface area contributed by atoms with Crippen LogP contribution < -0.4 is 17.2 Å². The van der Waals surface area contributed by atoms with Crippen molar-refractivity contribution in [1.82, 2.24) is 0 Å². The summed E-state index contributed by atoms with van der Waals surface area (Å²) in [5.74, 6) is -2.09.